The number of rotatable bonds is 42. The van der Waals surface area contributed by atoms with Crippen LogP contribution in [0.2, 0.25) is 0 Å². The van der Waals surface area contributed by atoms with Crippen LogP contribution in [-0.4, -0.2) is 65.7 Å². The monoisotopic (exact) mass is 851 g/mol. The van der Waals surface area contributed by atoms with Crippen LogP contribution in [0.3, 0.4) is 0 Å². The second-order valence-electron chi connectivity index (χ2n) is 15.0. The van der Waals surface area contributed by atoms with Crippen LogP contribution in [0.25, 0.3) is 0 Å². The lowest BCUT2D eigenvalue weighted by Crippen LogP contribution is -2.28. The molecule has 59 heavy (non-hydrogen) atoms. The van der Waals surface area contributed by atoms with Gasteiger partial charge in [0.25, 0.3) is 0 Å². The van der Waals surface area contributed by atoms with E-state index in [0.717, 1.165) is 77.0 Å². The van der Waals surface area contributed by atoms with Gasteiger partial charge in [-0.1, -0.05) is 157 Å². The Balaban J connectivity index is 3.97. The first kappa shape index (κ1) is 56.4. The molecule has 340 valence electrons. The fourth-order valence-electron chi connectivity index (χ4n) is 5.90. The van der Waals surface area contributed by atoms with Crippen molar-refractivity contribution in [1.82, 2.24) is 0 Å². The molecule has 0 radical (unpaired) electrons. The SMILES string of the molecule is CC/C=C\C/C=C\C/C=C\C/C=C\C/C=C\CCCCCC(=O)OC(CO)COP(=O)(O)OCC(CO)OC(=O)CCCCCCCCC/C=C\CCCCCCCC. The molecule has 3 unspecified atom stereocenters. The highest BCUT2D eigenvalue weighted by atomic mass is 31.2. The van der Waals surface area contributed by atoms with Gasteiger partial charge in [-0.25, -0.2) is 4.57 Å². The van der Waals surface area contributed by atoms with E-state index < -0.39 is 58.4 Å². The van der Waals surface area contributed by atoms with Crippen molar-refractivity contribution in [2.45, 2.75) is 193 Å². The van der Waals surface area contributed by atoms with Crippen LogP contribution in [0.5, 0.6) is 0 Å². The van der Waals surface area contributed by atoms with Crippen molar-refractivity contribution in [3.8, 4) is 0 Å². The first-order valence-corrected chi connectivity index (χ1v) is 24.4. The Labute approximate surface area is 358 Å². The standard InChI is InChI=1S/C48H83O10P/c1-3-5-7-9-11-13-15-17-19-21-22-24-26-28-30-32-34-36-38-40-48(52)58-46(42-50)44-56-59(53,54)55-43-45(41-49)57-47(51)39-37-35-33-31-29-27-25-23-20-18-16-14-12-10-8-6-4-2/h5,7,11,13,17-20,22,24,28,30,45-46,49-50H,3-4,6,8-10,12,14-16,21,23,25-27,29,31-44H2,1-2H3,(H,53,54)/b7-5-,13-11-,19-17-,20-18-,24-22-,30-28-. The predicted molar refractivity (Wildman–Crippen MR) is 242 cm³/mol. The van der Waals surface area contributed by atoms with Gasteiger partial charge in [0.2, 0.25) is 0 Å². The van der Waals surface area contributed by atoms with Crippen molar-refractivity contribution >= 4 is 19.8 Å². The third kappa shape index (κ3) is 41.9. The van der Waals surface area contributed by atoms with Gasteiger partial charge < -0.3 is 24.6 Å². The lowest BCUT2D eigenvalue weighted by atomic mass is 10.1. The number of allylic oxidation sites excluding steroid dienone is 12. The second-order valence-corrected chi connectivity index (χ2v) is 16.5. The van der Waals surface area contributed by atoms with Gasteiger partial charge in [0.15, 0.2) is 0 Å². The molecule has 0 aromatic carbocycles. The number of carbonyl (C=O) groups excluding carboxylic acids is 2. The number of aliphatic hydroxyl groups excluding tert-OH is 2. The van der Waals surface area contributed by atoms with Gasteiger partial charge >= 0.3 is 19.8 Å². The molecular formula is C48H83O10P. The second kappa shape index (κ2) is 43.5. The Hall–Kier alpha value is -2.59. The van der Waals surface area contributed by atoms with E-state index in [4.69, 9.17) is 18.5 Å². The van der Waals surface area contributed by atoms with Crippen molar-refractivity contribution in [3.63, 3.8) is 0 Å². The number of ether oxygens (including phenoxy) is 2. The lowest BCUT2D eigenvalue weighted by Gasteiger charge is -2.20. The molecular weight excluding hydrogens is 767 g/mol. The van der Waals surface area contributed by atoms with Crippen LogP contribution in [0.1, 0.15) is 181 Å². The number of phosphoric acid groups is 1. The number of unbranched alkanes of at least 4 members (excludes halogenated alkanes) is 16. The average molecular weight is 851 g/mol. The van der Waals surface area contributed by atoms with Gasteiger partial charge in [0.1, 0.15) is 12.2 Å². The van der Waals surface area contributed by atoms with Crippen molar-refractivity contribution < 1.29 is 47.8 Å². The van der Waals surface area contributed by atoms with Gasteiger partial charge in [-0.15, -0.1) is 0 Å². The number of esters is 2. The summed E-state index contributed by atoms with van der Waals surface area (Å²) in [6.45, 7) is 2.04. The summed E-state index contributed by atoms with van der Waals surface area (Å²) in [6, 6.07) is 0. The van der Waals surface area contributed by atoms with Crippen molar-refractivity contribution in [2.24, 2.45) is 0 Å². The fraction of sp³-hybridized carbons (Fsp3) is 0.708. The Kier molecular flexibility index (Phi) is 41.6. The first-order chi connectivity index (χ1) is 28.8. The zero-order valence-electron chi connectivity index (χ0n) is 36.9. The van der Waals surface area contributed by atoms with Crippen LogP contribution in [-0.2, 0) is 32.7 Å². The minimum atomic E-state index is -4.65. The minimum absolute atomic E-state index is 0.149. The van der Waals surface area contributed by atoms with Crippen LogP contribution in [0.4, 0.5) is 0 Å². The van der Waals surface area contributed by atoms with Crippen LogP contribution < -0.4 is 0 Å². The molecule has 0 bridgehead atoms. The molecule has 0 fully saturated rings. The van der Waals surface area contributed by atoms with Crippen molar-refractivity contribution in [1.29, 1.82) is 0 Å². The van der Waals surface area contributed by atoms with Crippen LogP contribution in [0.15, 0.2) is 72.9 Å². The molecule has 0 aliphatic carbocycles. The van der Waals surface area contributed by atoms with E-state index in [2.05, 4.69) is 86.8 Å². The predicted octanol–water partition coefficient (Wildman–Crippen LogP) is 12.4. The summed E-state index contributed by atoms with van der Waals surface area (Å²) in [7, 11) is -4.65. The maximum atomic E-state index is 12.4. The zero-order valence-corrected chi connectivity index (χ0v) is 37.8. The fourth-order valence-corrected chi connectivity index (χ4v) is 6.68. The molecule has 0 saturated carbocycles. The summed E-state index contributed by atoms with van der Waals surface area (Å²) in [5.74, 6) is -1.06. The highest BCUT2D eigenvalue weighted by Gasteiger charge is 2.27. The van der Waals surface area contributed by atoms with E-state index in [1.54, 1.807) is 0 Å². The van der Waals surface area contributed by atoms with Crippen LogP contribution >= 0.6 is 7.82 Å². The molecule has 0 saturated heterocycles. The Morgan fingerprint density at radius 2 is 0.797 bits per heavy atom. The third-order valence-electron chi connectivity index (χ3n) is 9.40. The van der Waals surface area contributed by atoms with Gasteiger partial charge in [0.05, 0.1) is 26.4 Å². The van der Waals surface area contributed by atoms with E-state index >= 15 is 0 Å². The molecule has 3 atom stereocenters. The number of hydrogen-bond donors (Lipinski definition) is 3. The number of hydrogen-bond acceptors (Lipinski definition) is 9. The van der Waals surface area contributed by atoms with Crippen LogP contribution in [0, 0.1) is 0 Å². The third-order valence-corrected chi connectivity index (χ3v) is 10.4. The normalized spacial score (nSPS) is 14.5. The number of phosphoric ester groups is 1. The topological polar surface area (TPSA) is 149 Å². The highest BCUT2D eigenvalue weighted by molar-refractivity contribution is 7.47. The Morgan fingerprint density at radius 3 is 1.19 bits per heavy atom. The molecule has 0 rings (SSSR count). The largest absolute Gasteiger partial charge is 0.472 e. The lowest BCUT2D eigenvalue weighted by molar-refractivity contribution is -0.153. The summed E-state index contributed by atoms with van der Waals surface area (Å²) >= 11 is 0. The molecule has 0 spiro atoms. The van der Waals surface area contributed by atoms with E-state index in [0.29, 0.717) is 12.8 Å². The maximum Gasteiger partial charge on any atom is 0.472 e. The Bertz CT molecular complexity index is 1210. The smallest absolute Gasteiger partial charge is 0.457 e. The number of aliphatic hydroxyl groups is 2. The molecule has 10 nitrogen and oxygen atoms in total. The molecule has 0 amide bonds. The highest BCUT2D eigenvalue weighted by Crippen LogP contribution is 2.43. The number of carbonyl (C=O) groups is 2. The molecule has 0 aliphatic heterocycles. The van der Waals surface area contributed by atoms with E-state index in [1.165, 1.54) is 64.2 Å². The van der Waals surface area contributed by atoms with E-state index in [9.17, 15) is 29.3 Å². The summed E-state index contributed by atoms with van der Waals surface area (Å²) < 4.78 is 32.6. The van der Waals surface area contributed by atoms with E-state index in [-0.39, 0.29) is 12.8 Å². The molecule has 0 heterocycles. The molecule has 3 N–H and O–H groups in total. The Morgan fingerprint density at radius 1 is 0.475 bits per heavy atom. The zero-order chi connectivity index (χ0) is 43.3. The molecule has 0 aromatic rings. The summed E-state index contributed by atoms with van der Waals surface area (Å²) in [4.78, 5) is 34.6. The van der Waals surface area contributed by atoms with Crippen molar-refractivity contribution in [2.75, 3.05) is 26.4 Å². The quantitative estimate of drug-likeness (QED) is 0.0234. The van der Waals surface area contributed by atoms with Gasteiger partial charge in [0, 0.05) is 12.8 Å². The summed E-state index contributed by atoms with van der Waals surface area (Å²) in [6.07, 6.45) is 50.1. The molecule has 0 aliphatic rings. The maximum absolute atomic E-state index is 12.4. The molecule has 11 heteroatoms. The molecule has 0 aromatic heterocycles. The van der Waals surface area contributed by atoms with Gasteiger partial charge in [-0.3, -0.25) is 18.6 Å². The summed E-state index contributed by atoms with van der Waals surface area (Å²) in [5, 5.41) is 19.2. The van der Waals surface area contributed by atoms with Gasteiger partial charge in [-0.2, -0.15) is 0 Å². The first-order valence-electron chi connectivity index (χ1n) is 22.9. The van der Waals surface area contributed by atoms with Gasteiger partial charge in [-0.05, 0) is 83.5 Å². The van der Waals surface area contributed by atoms with Crippen molar-refractivity contribution in [3.05, 3.63) is 72.9 Å². The summed E-state index contributed by atoms with van der Waals surface area (Å²) in [5.41, 5.74) is 0. The minimum Gasteiger partial charge on any atom is -0.457 e. The van der Waals surface area contributed by atoms with E-state index in [1.807, 2.05) is 0 Å². The average Bonchev–Trinajstić information content (AvgIpc) is 3.22.